The van der Waals surface area contributed by atoms with Crippen LogP contribution in [0.15, 0.2) is 60.7 Å². The van der Waals surface area contributed by atoms with Gasteiger partial charge in [0.05, 0.1) is 6.04 Å². The van der Waals surface area contributed by atoms with Crippen molar-refractivity contribution < 1.29 is 23.8 Å². The van der Waals surface area contributed by atoms with Gasteiger partial charge in [-0.25, -0.2) is 4.79 Å². The highest BCUT2D eigenvalue weighted by Gasteiger charge is 2.25. The molecule has 28 heavy (non-hydrogen) atoms. The van der Waals surface area contributed by atoms with Crippen molar-refractivity contribution in [1.29, 1.82) is 0 Å². The minimum absolute atomic E-state index is 0.0546. The summed E-state index contributed by atoms with van der Waals surface area (Å²) in [5.74, 6) is -0.768. The summed E-state index contributed by atoms with van der Waals surface area (Å²) in [7, 11) is 2.95. The lowest BCUT2D eigenvalue weighted by molar-refractivity contribution is -0.157. The number of rotatable bonds is 10. The van der Waals surface area contributed by atoms with Gasteiger partial charge in [-0.05, 0) is 17.5 Å². The first-order chi connectivity index (χ1) is 13.6. The third-order valence-corrected chi connectivity index (χ3v) is 4.39. The number of benzene rings is 2. The maximum Gasteiger partial charge on any atom is 0.339 e. The normalized spacial score (nSPS) is 14.0. The van der Waals surface area contributed by atoms with Crippen LogP contribution >= 0.6 is 0 Å². The van der Waals surface area contributed by atoms with Crippen LogP contribution in [0.2, 0.25) is 0 Å². The van der Waals surface area contributed by atoms with Crippen LogP contribution in [0.1, 0.15) is 36.7 Å². The van der Waals surface area contributed by atoms with Crippen LogP contribution in [0.4, 0.5) is 0 Å². The molecule has 150 valence electrons. The summed E-state index contributed by atoms with van der Waals surface area (Å²) in [5.41, 5.74) is 1.48. The van der Waals surface area contributed by atoms with E-state index in [9.17, 15) is 9.59 Å². The van der Waals surface area contributed by atoms with Crippen molar-refractivity contribution in [3.8, 4) is 0 Å². The Morgan fingerprint density at radius 2 is 1.36 bits per heavy atom. The third-order valence-electron chi connectivity index (χ3n) is 4.39. The molecule has 0 saturated heterocycles. The quantitative estimate of drug-likeness (QED) is 0.636. The second-order valence-electron chi connectivity index (χ2n) is 6.30. The molecule has 1 amide bonds. The van der Waals surface area contributed by atoms with Gasteiger partial charge in [-0.15, -0.1) is 0 Å². The Balaban J connectivity index is 1.94. The standard InChI is InChI=1S/C22H27NO5/c1-4-18(23-21(24)19(26-2)16-11-7-5-8-12-16)15-28-22(25)20(27-3)17-13-9-6-10-14-17/h5-14,18-20H,4,15H2,1-3H3,(H,23,24)/t18-,19-,20-/m1/s1. The van der Waals surface area contributed by atoms with E-state index in [-0.39, 0.29) is 18.6 Å². The first-order valence-electron chi connectivity index (χ1n) is 9.23. The van der Waals surface area contributed by atoms with E-state index in [0.717, 1.165) is 11.1 Å². The molecular weight excluding hydrogens is 358 g/mol. The fourth-order valence-electron chi connectivity index (χ4n) is 2.82. The molecule has 2 aromatic rings. The van der Waals surface area contributed by atoms with Crippen molar-refractivity contribution in [3.63, 3.8) is 0 Å². The van der Waals surface area contributed by atoms with Crippen molar-refractivity contribution in [2.75, 3.05) is 20.8 Å². The molecular formula is C22H27NO5. The summed E-state index contributed by atoms with van der Waals surface area (Å²) in [6, 6.07) is 18.0. The molecule has 0 aliphatic rings. The Morgan fingerprint density at radius 1 is 0.857 bits per heavy atom. The molecule has 3 atom stereocenters. The topological polar surface area (TPSA) is 73.9 Å². The van der Waals surface area contributed by atoms with Crippen molar-refractivity contribution in [2.24, 2.45) is 0 Å². The predicted molar refractivity (Wildman–Crippen MR) is 106 cm³/mol. The molecule has 0 spiro atoms. The van der Waals surface area contributed by atoms with Gasteiger partial charge < -0.3 is 19.5 Å². The number of ether oxygens (including phenoxy) is 3. The zero-order valence-electron chi connectivity index (χ0n) is 16.5. The van der Waals surface area contributed by atoms with Gasteiger partial charge in [-0.2, -0.15) is 0 Å². The molecule has 0 fully saturated rings. The van der Waals surface area contributed by atoms with Gasteiger partial charge in [0.2, 0.25) is 0 Å². The first kappa shape index (κ1) is 21.6. The van der Waals surface area contributed by atoms with Crippen molar-refractivity contribution in [2.45, 2.75) is 31.6 Å². The van der Waals surface area contributed by atoms with Crippen molar-refractivity contribution >= 4 is 11.9 Å². The van der Waals surface area contributed by atoms with Gasteiger partial charge in [0, 0.05) is 14.2 Å². The summed E-state index contributed by atoms with van der Waals surface area (Å²) in [6.45, 7) is 1.97. The van der Waals surface area contributed by atoms with E-state index in [4.69, 9.17) is 14.2 Å². The minimum Gasteiger partial charge on any atom is -0.461 e. The highest BCUT2D eigenvalue weighted by Crippen LogP contribution is 2.19. The van der Waals surface area contributed by atoms with Crippen LogP contribution in [0.25, 0.3) is 0 Å². The number of nitrogens with one attached hydrogen (secondary N) is 1. The molecule has 0 aromatic heterocycles. The van der Waals surface area contributed by atoms with E-state index in [0.29, 0.717) is 6.42 Å². The highest BCUT2D eigenvalue weighted by atomic mass is 16.6. The zero-order valence-corrected chi connectivity index (χ0v) is 16.5. The summed E-state index contributed by atoms with van der Waals surface area (Å²) >= 11 is 0. The number of carbonyl (C=O) groups is 2. The van der Waals surface area contributed by atoms with Crippen LogP contribution in [0, 0.1) is 0 Å². The third kappa shape index (κ3) is 5.90. The van der Waals surface area contributed by atoms with E-state index >= 15 is 0 Å². The number of esters is 1. The smallest absolute Gasteiger partial charge is 0.339 e. The van der Waals surface area contributed by atoms with E-state index in [1.165, 1.54) is 14.2 Å². The van der Waals surface area contributed by atoms with Crippen LogP contribution in [0.5, 0.6) is 0 Å². The minimum atomic E-state index is -0.801. The molecule has 0 unspecified atom stereocenters. The molecule has 0 saturated carbocycles. The average molecular weight is 385 g/mol. The monoisotopic (exact) mass is 385 g/mol. The first-order valence-corrected chi connectivity index (χ1v) is 9.23. The summed E-state index contributed by atoms with van der Waals surface area (Å²) in [6.07, 6.45) is -0.916. The van der Waals surface area contributed by atoms with Gasteiger partial charge >= 0.3 is 5.97 Å². The van der Waals surface area contributed by atoms with E-state index < -0.39 is 18.2 Å². The average Bonchev–Trinajstić information content (AvgIpc) is 2.73. The Hall–Kier alpha value is -2.70. The molecule has 2 aromatic carbocycles. The largest absolute Gasteiger partial charge is 0.461 e. The van der Waals surface area contributed by atoms with Gasteiger partial charge in [-0.1, -0.05) is 67.6 Å². The molecule has 2 rings (SSSR count). The maximum absolute atomic E-state index is 12.6. The fraction of sp³-hybridized carbons (Fsp3) is 0.364. The van der Waals surface area contributed by atoms with E-state index in [1.54, 1.807) is 12.1 Å². The van der Waals surface area contributed by atoms with Gasteiger partial charge in [0.1, 0.15) is 6.61 Å². The number of carbonyl (C=O) groups excluding carboxylic acids is 2. The number of hydrogen-bond acceptors (Lipinski definition) is 5. The van der Waals surface area contributed by atoms with Crippen LogP contribution in [-0.4, -0.2) is 38.7 Å². The van der Waals surface area contributed by atoms with Crippen LogP contribution in [0.3, 0.4) is 0 Å². The Morgan fingerprint density at radius 3 is 1.82 bits per heavy atom. The van der Waals surface area contributed by atoms with Crippen molar-refractivity contribution in [1.82, 2.24) is 5.32 Å². The predicted octanol–water partition coefficient (Wildman–Crippen LogP) is 3.20. The lowest BCUT2D eigenvalue weighted by Gasteiger charge is -2.22. The second kappa shape index (κ2) is 11.2. The Bertz CT molecular complexity index is 735. The van der Waals surface area contributed by atoms with Gasteiger partial charge in [0.15, 0.2) is 12.2 Å². The zero-order chi connectivity index (χ0) is 20.4. The number of hydrogen-bond donors (Lipinski definition) is 1. The molecule has 0 aliphatic heterocycles. The second-order valence-corrected chi connectivity index (χ2v) is 6.30. The number of methoxy groups -OCH3 is 2. The van der Waals surface area contributed by atoms with Crippen molar-refractivity contribution in [3.05, 3.63) is 71.8 Å². The molecule has 6 nitrogen and oxygen atoms in total. The van der Waals surface area contributed by atoms with Crippen LogP contribution < -0.4 is 5.32 Å². The van der Waals surface area contributed by atoms with Gasteiger partial charge in [-0.3, -0.25) is 4.79 Å². The summed E-state index contributed by atoms with van der Waals surface area (Å²) in [4.78, 5) is 25.0. The lowest BCUT2D eigenvalue weighted by Crippen LogP contribution is -2.41. The lowest BCUT2D eigenvalue weighted by atomic mass is 10.1. The summed E-state index contributed by atoms with van der Waals surface area (Å²) in [5, 5.41) is 2.89. The molecule has 0 aliphatic carbocycles. The molecule has 0 bridgehead atoms. The van der Waals surface area contributed by atoms with E-state index in [2.05, 4.69) is 5.32 Å². The van der Waals surface area contributed by atoms with Crippen LogP contribution in [-0.2, 0) is 23.8 Å². The SMILES string of the molecule is CC[C@H](COC(=O)[C@H](OC)c1ccccc1)NC(=O)[C@H](OC)c1ccccc1. The maximum atomic E-state index is 12.6. The number of amides is 1. The molecule has 0 radical (unpaired) electrons. The summed E-state index contributed by atoms with van der Waals surface area (Å²) < 4.78 is 16.0. The molecule has 1 N–H and O–H groups in total. The Kier molecular flexibility index (Phi) is 8.65. The highest BCUT2D eigenvalue weighted by molar-refractivity contribution is 5.82. The fourth-order valence-corrected chi connectivity index (χ4v) is 2.82. The van der Waals surface area contributed by atoms with Gasteiger partial charge in [0.25, 0.3) is 5.91 Å². The molecule has 0 heterocycles. The Labute approximate surface area is 165 Å². The molecule has 6 heteroatoms. The van der Waals surface area contributed by atoms with E-state index in [1.807, 2.05) is 55.5 Å².